The normalized spacial score (nSPS) is 11.4. The molecule has 176 valence electrons. The molecule has 0 fully saturated rings. The molecule has 1 aromatic carbocycles. The summed E-state index contributed by atoms with van der Waals surface area (Å²) in [7, 11) is 0. The molecule has 1 amide bonds. The molecule has 0 saturated heterocycles. The molecule has 6 nitrogen and oxygen atoms in total. The second-order valence-corrected chi connectivity index (χ2v) is 9.86. The lowest BCUT2D eigenvalue weighted by Gasteiger charge is -2.20. The first-order valence-electron chi connectivity index (χ1n) is 11.0. The number of carbonyl (C=O) groups excluding carboxylic acids is 2. The van der Waals surface area contributed by atoms with Gasteiger partial charge in [0.25, 0.3) is 5.91 Å². The maximum atomic E-state index is 13.2. The summed E-state index contributed by atoms with van der Waals surface area (Å²) in [6.07, 6.45) is 1.65. The van der Waals surface area contributed by atoms with E-state index in [1.807, 2.05) is 0 Å². The third-order valence-electron chi connectivity index (χ3n) is 5.16. The number of rotatable bonds is 9. The van der Waals surface area contributed by atoms with Crippen LogP contribution in [0.2, 0.25) is 0 Å². The van der Waals surface area contributed by atoms with E-state index in [0.29, 0.717) is 17.5 Å². The number of esters is 1. The Hall–Kier alpha value is -2.93. The SMILES string of the molecule is CCOC(=O)CCN(Cc1ccco1)C(=O)c1ccc(Sc2cc(C(C)(C)C)ccc2C)o1. The van der Waals surface area contributed by atoms with Gasteiger partial charge in [-0.1, -0.05) is 44.7 Å². The number of carbonyl (C=O) groups is 2. The first-order valence-corrected chi connectivity index (χ1v) is 11.8. The first kappa shape index (κ1) is 24.7. The molecule has 7 heteroatoms. The van der Waals surface area contributed by atoms with Gasteiger partial charge >= 0.3 is 5.97 Å². The van der Waals surface area contributed by atoms with Crippen LogP contribution in [0, 0.1) is 6.92 Å². The maximum Gasteiger partial charge on any atom is 0.307 e. The molecule has 0 radical (unpaired) electrons. The topological polar surface area (TPSA) is 72.9 Å². The van der Waals surface area contributed by atoms with Gasteiger partial charge in [0.2, 0.25) is 0 Å². The molecular formula is C26H31NO5S. The van der Waals surface area contributed by atoms with Crippen LogP contribution in [0.4, 0.5) is 0 Å². The monoisotopic (exact) mass is 469 g/mol. The first-order chi connectivity index (χ1) is 15.7. The van der Waals surface area contributed by atoms with Gasteiger partial charge in [-0.05, 0) is 60.7 Å². The van der Waals surface area contributed by atoms with Crippen molar-refractivity contribution in [1.29, 1.82) is 0 Å². The van der Waals surface area contributed by atoms with Gasteiger partial charge in [0.1, 0.15) is 5.76 Å². The zero-order valence-electron chi connectivity index (χ0n) is 19.8. The van der Waals surface area contributed by atoms with Crippen LogP contribution in [0.1, 0.15) is 61.6 Å². The highest BCUT2D eigenvalue weighted by Gasteiger charge is 2.22. The number of hydrogen-bond acceptors (Lipinski definition) is 6. The fourth-order valence-electron chi connectivity index (χ4n) is 3.23. The van der Waals surface area contributed by atoms with E-state index in [1.54, 1.807) is 37.5 Å². The average Bonchev–Trinajstić information content (AvgIpc) is 3.44. The minimum Gasteiger partial charge on any atom is -0.467 e. The number of nitrogens with zero attached hydrogens (tertiary/aromatic N) is 1. The van der Waals surface area contributed by atoms with Crippen molar-refractivity contribution in [2.45, 2.75) is 63.0 Å². The molecule has 0 atom stereocenters. The van der Waals surface area contributed by atoms with E-state index in [-0.39, 0.29) is 42.6 Å². The number of hydrogen-bond donors (Lipinski definition) is 0. The van der Waals surface area contributed by atoms with Crippen LogP contribution in [0.25, 0.3) is 0 Å². The molecule has 0 saturated carbocycles. The van der Waals surface area contributed by atoms with E-state index in [9.17, 15) is 9.59 Å². The molecule has 2 heterocycles. The smallest absolute Gasteiger partial charge is 0.307 e. The summed E-state index contributed by atoms with van der Waals surface area (Å²) in [6.45, 7) is 11.1. The standard InChI is InChI=1S/C26H31NO5S/c1-6-30-23(28)13-14-27(17-20-8-7-15-31-20)25(29)21-11-12-24(32-21)33-22-16-19(26(3,4)5)10-9-18(22)2/h7-12,15-16H,6,13-14,17H2,1-5H3. The Bertz CT molecular complexity index is 1080. The van der Waals surface area contributed by atoms with Crippen molar-refractivity contribution >= 4 is 23.6 Å². The third kappa shape index (κ3) is 6.78. The van der Waals surface area contributed by atoms with E-state index in [4.69, 9.17) is 13.6 Å². The number of amides is 1. The highest BCUT2D eigenvalue weighted by atomic mass is 32.2. The second-order valence-electron chi connectivity index (χ2n) is 8.81. The van der Waals surface area contributed by atoms with Crippen LogP contribution < -0.4 is 0 Å². The summed E-state index contributed by atoms with van der Waals surface area (Å²) in [5.41, 5.74) is 2.42. The van der Waals surface area contributed by atoms with Gasteiger partial charge in [0, 0.05) is 11.4 Å². The van der Waals surface area contributed by atoms with Crippen molar-refractivity contribution in [1.82, 2.24) is 4.90 Å². The number of furan rings is 2. The molecule has 0 aliphatic heterocycles. The van der Waals surface area contributed by atoms with Gasteiger partial charge in [0.15, 0.2) is 10.9 Å². The van der Waals surface area contributed by atoms with Crippen molar-refractivity contribution in [3.05, 3.63) is 71.4 Å². The number of aryl methyl sites for hydroxylation is 1. The summed E-state index contributed by atoms with van der Waals surface area (Å²) < 4.78 is 16.3. The fourth-order valence-corrected chi connectivity index (χ4v) is 4.13. The van der Waals surface area contributed by atoms with Crippen LogP contribution in [0.15, 0.2) is 67.5 Å². The summed E-state index contributed by atoms with van der Waals surface area (Å²) in [4.78, 5) is 27.6. The van der Waals surface area contributed by atoms with Crippen molar-refractivity contribution in [3.63, 3.8) is 0 Å². The van der Waals surface area contributed by atoms with E-state index in [2.05, 4.69) is 45.9 Å². The van der Waals surface area contributed by atoms with Crippen LogP contribution in [0.5, 0.6) is 0 Å². The summed E-state index contributed by atoms with van der Waals surface area (Å²) in [6, 6.07) is 13.5. The van der Waals surface area contributed by atoms with E-state index < -0.39 is 0 Å². The minimum absolute atomic E-state index is 0.0403. The summed E-state index contributed by atoms with van der Waals surface area (Å²) >= 11 is 1.49. The van der Waals surface area contributed by atoms with Gasteiger partial charge < -0.3 is 18.5 Å². The molecule has 0 spiro atoms. The Morgan fingerprint density at radius 2 is 1.91 bits per heavy atom. The maximum absolute atomic E-state index is 13.2. The molecule has 0 aliphatic carbocycles. The quantitative estimate of drug-likeness (QED) is 0.346. The molecule has 0 N–H and O–H groups in total. The molecule has 0 unspecified atom stereocenters. The van der Waals surface area contributed by atoms with Gasteiger partial charge in [-0.2, -0.15) is 0 Å². The largest absolute Gasteiger partial charge is 0.467 e. The predicted molar refractivity (Wildman–Crippen MR) is 127 cm³/mol. The fraction of sp³-hybridized carbons (Fsp3) is 0.385. The highest BCUT2D eigenvalue weighted by Crippen LogP contribution is 2.35. The number of benzene rings is 1. The van der Waals surface area contributed by atoms with Gasteiger partial charge in [0.05, 0.1) is 25.8 Å². The van der Waals surface area contributed by atoms with Gasteiger partial charge in [-0.15, -0.1) is 0 Å². The number of ether oxygens (including phenoxy) is 1. The van der Waals surface area contributed by atoms with Crippen molar-refractivity contribution in [2.75, 3.05) is 13.2 Å². The Morgan fingerprint density at radius 1 is 1.12 bits per heavy atom. The summed E-state index contributed by atoms with van der Waals surface area (Å²) in [5, 5.41) is 0.635. The van der Waals surface area contributed by atoms with E-state index in [1.165, 1.54) is 22.2 Å². The molecule has 3 aromatic rings. The van der Waals surface area contributed by atoms with Gasteiger partial charge in [-0.3, -0.25) is 9.59 Å². The highest BCUT2D eigenvalue weighted by molar-refractivity contribution is 7.99. The van der Waals surface area contributed by atoms with Crippen LogP contribution >= 0.6 is 11.8 Å². The van der Waals surface area contributed by atoms with Gasteiger partial charge in [-0.25, -0.2) is 0 Å². The van der Waals surface area contributed by atoms with Crippen LogP contribution in [0.3, 0.4) is 0 Å². The molecule has 3 rings (SSSR count). The molecule has 0 aliphatic rings. The third-order valence-corrected chi connectivity index (χ3v) is 6.24. The summed E-state index contributed by atoms with van der Waals surface area (Å²) in [5.74, 6) is 0.197. The molecular weight excluding hydrogens is 438 g/mol. The second kappa shape index (κ2) is 10.8. The Kier molecular flexibility index (Phi) is 8.08. The Labute approximate surface area is 199 Å². The molecule has 33 heavy (non-hydrogen) atoms. The van der Waals surface area contributed by atoms with Crippen LogP contribution in [-0.4, -0.2) is 29.9 Å². The average molecular weight is 470 g/mol. The van der Waals surface area contributed by atoms with Crippen LogP contribution in [-0.2, 0) is 21.5 Å². The lowest BCUT2D eigenvalue weighted by atomic mass is 9.87. The molecule has 0 bridgehead atoms. The predicted octanol–water partition coefficient (Wildman–Crippen LogP) is 6.23. The lowest BCUT2D eigenvalue weighted by Crippen LogP contribution is -2.32. The van der Waals surface area contributed by atoms with E-state index in [0.717, 1.165) is 10.5 Å². The van der Waals surface area contributed by atoms with Crippen molar-refractivity contribution < 1.29 is 23.2 Å². The van der Waals surface area contributed by atoms with Crippen molar-refractivity contribution in [3.8, 4) is 0 Å². The van der Waals surface area contributed by atoms with Crippen molar-refractivity contribution in [2.24, 2.45) is 0 Å². The zero-order chi connectivity index (χ0) is 24.0. The Morgan fingerprint density at radius 3 is 2.58 bits per heavy atom. The lowest BCUT2D eigenvalue weighted by molar-refractivity contribution is -0.143. The van der Waals surface area contributed by atoms with E-state index >= 15 is 0 Å². The minimum atomic E-state index is -0.348. The Balaban J connectivity index is 1.76. The zero-order valence-corrected chi connectivity index (χ0v) is 20.7. The molecule has 2 aromatic heterocycles.